The molecule has 0 N–H and O–H groups in total. The van der Waals surface area contributed by atoms with Crippen molar-refractivity contribution >= 4 is 143 Å². The van der Waals surface area contributed by atoms with Crippen LogP contribution in [0.5, 0.6) is 0 Å². The summed E-state index contributed by atoms with van der Waals surface area (Å²) in [5, 5.41) is 12.9. The van der Waals surface area contributed by atoms with Gasteiger partial charge in [-0.05, 0) is 159 Å². The van der Waals surface area contributed by atoms with Crippen molar-refractivity contribution in [1.29, 1.82) is 0 Å². The highest BCUT2D eigenvalue weighted by molar-refractivity contribution is 6.20. The molecular weight excluding hydrogens is 1050 g/mol. The first-order chi connectivity index (χ1) is 42.2. The molecule has 4 aromatic heterocycles. The molecule has 0 aliphatic heterocycles. The second-order valence-electron chi connectivity index (χ2n) is 23.6. The van der Waals surface area contributed by atoms with E-state index in [4.69, 9.17) is 17.7 Å². The highest BCUT2D eigenvalue weighted by Crippen LogP contribution is 2.51. The zero-order valence-electron chi connectivity index (χ0n) is 47.9. The molecular formula is C80H56N2O4. The van der Waals surface area contributed by atoms with Crippen LogP contribution in [0.1, 0.15) is 50.7 Å². The molecule has 0 radical (unpaired) electrons. The number of hydrogen-bond donors (Lipinski definition) is 0. The highest BCUT2D eigenvalue weighted by Gasteiger charge is 2.27. The molecule has 0 amide bonds. The van der Waals surface area contributed by atoms with Crippen molar-refractivity contribution in [1.82, 2.24) is 0 Å². The maximum atomic E-state index is 6.90. The molecule has 0 unspecified atom stereocenters. The first kappa shape index (κ1) is 49.8. The summed E-state index contributed by atoms with van der Waals surface area (Å²) in [5.74, 6) is 0.783. The van der Waals surface area contributed by atoms with E-state index in [1.165, 1.54) is 11.1 Å². The van der Waals surface area contributed by atoms with Gasteiger partial charge in [-0.1, -0.05) is 173 Å². The number of furan rings is 4. The molecule has 0 fully saturated rings. The van der Waals surface area contributed by atoms with E-state index in [-0.39, 0.29) is 0 Å². The summed E-state index contributed by atoms with van der Waals surface area (Å²) in [5.41, 5.74) is 19.6. The van der Waals surface area contributed by atoms with Gasteiger partial charge in [0.2, 0.25) is 0 Å². The summed E-state index contributed by atoms with van der Waals surface area (Å²) in [4.78, 5) is 4.74. The number of nitrogens with zero attached hydrogens (tertiary/aromatic N) is 2. The van der Waals surface area contributed by atoms with E-state index in [2.05, 4.69) is 280 Å². The van der Waals surface area contributed by atoms with Gasteiger partial charge < -0.3 is 27.5 Å². The summed E-state index contributed by atoms with van der Waals surface area (Å²) in [7, 11) is 0. The number of benzene rings is 13. The van der Waals surface area contributed by atoms with Crippen LogP contribution in [-0.2, 0) is 0 Å². The maximum Gasteiger partial charge on any atom is 0.160 e. The lowest BCUT2D eigenvalue weighted by Crippen LogP contribution is -2.12. The minimum atomic E-state index is 0.392. The lowest BCUT2D eigenvalue weighted by atomic mass is 9.98. The fourth-order valence-corrected chi connectivity index (χ4v) is 13.3. The largest absolute Gasteiger partial charge is 0.456 e. The molecule has 6 heteroatoms. The van der Waals surface area contributed by atoms with E-state index in [1.54, 1.807) is 0 Å². The third kappa shape index (κ3) is 7.94. The van der Waals surface area contributed by atoms with E-state index < -0.39 is 0 Å². The van der Waals surface area contributed by atoms with Gasteiger partial charge in [-0.3, -0.25) is 0 Å². The third-order valence-corrected chi connectivity index (χ3v) is 17.8. The lowest BCUT2D eigenvalue weighted by Gasteiger charge is -2.28. The standard InChI is InChI=1S/C80H56N2O4/c1-47(2)49-23-29-57(30-24-49)81(77-61(51-15-7-5-8-16-51)35-37-65-63-19-11-13-21-71(63)85-79(65)77)59-33-27-53-41-67-69-45-70-68-42-54-28-34-60(40-56(54)44-74(68)84-76(70)46-75(69)83-73(67)43-55(53)39-59)82(58-31-25-50(26-32-58)48(3)4)78-62(52-17-9-6-10-18-52)36-38-66-64-20-12-14-22-72(64)86-80(66)78/h5-48H,1-4H3. The molecule has 6 nitrogen and oxygen atoms in total. The van der Waals surface area contributed by atoms with Crippen LogP contribution in [-0.4, -0.2) is 0 Å². The van der Waals surface area contributed by atoms with Gasteiger partial charge in [0.15, 0.2) is 11.2 Å². The summed E-state index contributed by atoms with van der Waals surface area (Å²) in [6.07, 6.45) is 0. The van der Waals surface area contributed by atoms with E-state index in [9.17, 15) is 0 Å². The molecule has 410 valence electrons. The Labute approximate surface area is 495 Å². The summed E-state index contributed by atoms with van der Waals surface area (Å²) < 4.78 is 27.5. The fourth-order valence-electron chi connectivity index (χ4n) is 13.3. The summed E-state index contributed by atoms with van der Waals surface area (Å²) >= 11 is 0. The van der Waals surface area contributed by atoms with Gasteiger partial charge in [0, 0.05) is 83.0 Å². The lowest BCUT2D eigenvalue weighted by molar-refractivity contribution is 0.656. The Morgan fingerprint density at radius 2 is 0.640 bits per heavy atom. The van der Waals surface area contributed by atoms with Crippen LogP contribution in [0.25, 0.3) is 132 Å². The fraction of sp³-hybridized carbons (Fsp3) is 0.0750. The van der Waals surface area contributed by atoms with Crippen LogP contribution in [0.4, 0.5) is 34.1 Å². The number of hydrogen-bond acceptors (Lipinski definition) is 6. The van der Waals surface area contributed by atoms with Crippen molar-refractivity contribution in [2.75, 3.05) is 9.80 Å². The Hall–Kier alpha value is -10.8. The van der Waals surface area contributed by atoms with E-state index in [1.807, 2.05) is 12.1 Å². The smallest absolute Gasteiger partial charge is 0.160 e. The number of anilines is 6. The molecule has 13 aromatic carbocycles. The average Bonchev–Trinajstić information content (AvgIpc) is 2.06. The quantitative estimate of drug-likeness (QED) is 0.136. The van der Waals surface area contributed by atoms with Gasteiger partial charge in [-0.2, -0.15) is 0 Å². The Kier molecular flexibility index (Phi) is 11.2. The molecule has 0 saturated heterocycles. The molecule has 86 heavy (non-hydrogen) atoms. The molecule has 0 aliphatic rings. The van der Waals surface area contributed by atoms with Gasteiger partial charge >= 0.3 is 0 Å². The van der Waals surface area contributed by atoms with E-state index in [0.29, 0.717) is 11.8 Å². The molecule has 0 atom stereocenters. The van der Waals surface area contributed by atoms with Gasteiger partial charge in [-0.15, -0.1) is 0 Å². The Bertz CT molecular complexity index is 5190. The van der Waals surface area contributed by atoms with Crippen molar-refractivity contribution in [2.45, 2.75) is 39.5 Å². The monoisotopic (exact) mass is 1110 g/mol. The highest BCUT2D eigenvalue weighted by atomic mass is 16.3. The zero-order chi connectivity index (χ0) is 57.3. The first-order valence-corrected chi connectivity index (χ1v) is 29.7. The summed E-state index contributed by atoms with van der Waals surface area (Å²) in [6.45, 7) is 8.96. The van der Waals surface area contributed by atoms with Gasteiger partial charge in [0.25, 0.3) is 0 Å². The zero-order valence-corrected chi connectivity index (χ0v) is 47.9. The molecule has 17 aromatic rings. The minimum Gasteiger partial charge on any atom is -0.456 e. The van der Waals surface area contributed by atoms with Gasteiger partial charge in [0.1, 0.15) is 33.5 Å². The Morgan fingerprint density at radius 3 is 1.07 bits per heavy atom. The summed E-state index contributed by atoms with van der Waals surface area (Å²) in [6, 6.07) is 91.6. The predicted molar refractivity (Wildman–Crippen MR) is 359 cm³/mol. The minimum absolute atomic E-state index is 0.392. The molecule has 0 aliphatic carbocycles. The van der Waals surface area contributed by atoms with Crippen LogP contribution in [0.15, 0.2) is 272 Å². The average molecular weight is 1110 g/mol. The van der Waals surface area contributed by atoms with Crippen LogP contribution >= 0.6 is 0 Å². The van der Waals surface area contributed by atoms with E-state index >= 15 is 0 Å². The second kappa shape index (κ2) is 19.4. The second-order valence-corrected chi connectivity index (χ2v) is 23.6. The Morgan fingerprint density at radius 1 is 0.256 bits per heavy atom. The topological polar surface area (TPSA) is 59.0 Å². The van der Waals surface area contributed by atoms with Crippen molar-refractivity contribution in [3.05, 3.63) is 266 Å². The van der Waals surface area contributed by atoms with Crippen molar-refractivity contribution in [3.8, 4) is 22.3 Å². The van der Waals surface area contributed by atoms with Crippen molar-refractivity contribution < 1.29 is 17.7 Å². The number of para-hydroxylation sites is 2. The van der Waals surface area contributed by atoms with Gasteiger partial charge in [0.05, 0.1) is 11.4 Å². The molecule has 4 heterocycles. The van der Waals surface area contributed by atoms with Gasteiger partial charge in [-0.25, -0.2) is 0 Å². The number of fused-ring (bicyclic) bond motifs is 14. The SMILES string of the molecule is CC(C)c1ccc(N(c2ccc3cc4c(cc3c2)oc2cc3oc5cc6cc(N(c7ccc(C(C)C)cc7)c7c(-c8ccccc8)ccc8c7oc7ccccc78)ccc6cc5c3cc24)c2c(-c3ccccc3)ccc3c2oc2ccccc23)cc1. The third-order valence-electron chi connectivity index (χ3n) is 17.8. The predicted octanol–water partition coefficient (Wildman–Crippen LogP) is 24.1. The van der Waals surface area contributed by atoms with Crippen LogP contribution in [0, 0.1) is 0 Å². The molecule has 0 spiro atoms. The number of rotatable bonds is 10. The molecule has 0 saturated carbocycles. The van der Waals surface area contributed by atoms with Crippen LogP contribution in [0.2, 0.25) is 0 Å². The van der Waals surface area contributed by atoms with E-state index in [0.717, 1.165) is 166 Å². The molecule has 17 rings (SSSR count). The van der Waals surface area contributed by atoms with Crippen LogP contribution in [0.3, 0.4) is 0 Å². The van der Waals surface area contributed by atoms with Crippen LogP contribution < -0.4 is 9.80 Å². The van der Waals surface area contributed by atoms with Crippen molar-refractivity contribution in [2.24, 2.45) is 0 Å². The first-order valence-electron chi connectivity index (χ1n) is 29.7. The molecule has 0 bridgehead atoms. The van der Waals surface area contributed by atoms with Crippen molar-refractivity contribution in [3.63, 3.8) is 0 Å². The maximum absolute atomic E-state index is 6.90. The normalized spacial score (nSPS) is 12.2. The Balaban J connectivity index is 0.795.